The number of hydrogen-bond donors (Lipinski definition) is 2. The Kier molecular flexibility index (Phi) is 3.11. The average Bonchev–Trinajstić information content (AvgIpc) is 1.65. The van der Waals surface area contributed by atoms with Crippen LogP contribution < -0.4 is 5.23 Å². The molecule has 0 aliphatic heterocycles. The average molecular weight is 133 g/mol. The Labute approximate surface area is 55.8 Å². The summed E-state index contributed by atoms with van der Waals surface area (Å²) < 4.78 is 0. The second-order valence-corrected chi connectivity index (χ2v) is 2.94. The van der Waals surface area contributed by atoms with Crippen molar-refractivity contribution in [1.82, 2.24) is 0 Å². The van der Waals surface area contributed by atoms with Gasteiger partial charge < -0.3 is 5.21 Å². The van der Waals surface area contributed by atoms with Gasteiger partial charge in [0.25, 0.3) is 0 Å². The molecule has 0 heterocycles. The summed E-state index contributed by atoms with van der Waals surface area (Å²) in [4.78, 5) is 0. The SMILES string of the molecule is CCCC(C)(C)[NH+]([O-])O. The van der Waals surface area contributed by atoms with Crippen molar-refractivity contribution in [2.24, 2.45) is 0 Å². The number of rotatable bonds is 3. The van der Waals surface area contributed by atoms with Gasteiger partial charge >= 0.3 is 0 Å². The molecule has 9 heavy (non-hydrogen) atoms. The normalized spacial score (nSPS) is 15.7. The molecule has 0 radical (unpaired) electrons. The summed E-state index contributed by atoms with van der Waals surface area (Å²) >= 11 is 0. The van der Waals surface area contributed by atoms with Gasteiger partial charge in [-0.3, -0.25) is 0 Å². The van der Waals surface area contributed by atoms with E-state index in [-0.39, 0.29) is 0 Å². The fraction of sp³-hybridized carbons (Fsp3) is 1.00. The molecule has 0 saturated carbocycles. The van der Waals surface area contributed by atoms with Gasteiger partial charge in [-0.25, -0.2) is 10.4 Å². The molecule has 56 valence electrons. The quantitative estimate of drug-likeness (QED) is 0.545. The van der Waals surface area contributed by atoms with E-state index in [0.717, 1.165) is 12.8 Å². The van der Waals surface area contributed by atoms with Crippen molar-refractivity contribution in [1.29, 1.82) is 0 Å². The van der Waals surface area contributed by atoms with Gasteiger partial charge in [-0.05, 0) is 13.8 Å². The lowest BCUT2D eigenvalue weighted by atomic mass is 10.0. The largest absolute Gasteiger partial charge is 0.600 e. The van der Waals surface area contributed by atoms with Crippen molar-refractivity contribution >= 4 is 0 Å². The summed E-state index contributed by atoms with van der Waals surface area (Å²) in [6.45, 7) is 5.49. The van der Waals surface area contributed by atoms with E-state index < -0.39 is 10.8 Å². The number of quaternary nitrogens is 1. The summed E-state index contributed by atoms with van der Waals surface area (Å²) in [5.74, 6) is 0. The summed E-state index contributed by atoms with van der Waals surface area (Å²) in [6.07, 6.45) is 1.68. The summed E-state index contributed by atoms with van der Waals surface area (Å²) in [5.41, 5.74) is -0.533. The second-order valence-electron chi connectivity index (χ2n) is 2.94. The summed E-state index contributed by atoms with van der Waals surface area (Å²) in [6, 6.07) is 0. The van der Waals surface area contributed by atoms with Crippen LogP contribution in [0, 0.1) is 5.21 Å². The third-order valence-electron chi connectivity index (χ3n) is 1.45. The molecule has 0 amide bonds. The van der Waals surface area contributed by atoms with E-state index in [1.807, 2.05) is 6.92 Å². The van der Waals surface area contributed by atoms with Gasteiger partial charge in [0.15, 0.2) is 0 Å². The Balaban J connectivity index is 3.70. The van der Waals surface area contributed by atoms with Gasteiger partial charge in [-0.1, -0.05) is 13.3 Å². The highest BCUT2D eigenvalue weighted by Crippen LogP contribution is 2.04. The molecule has 1 atom stereocenters. The molecule has 0 aromatic heterocycles. The number of nitrogens with one attached hydrogen (secondary N) is 1. The van der Waals surface area contributed by atoms with E-state index in [1.54, 1.807) is 13.8 Å². The lowest BCUT2D eigenvalue weighted by molar-refractivity contribution is -1.09. The smallest absolute Gasteiger partial charge is 0.121 e. The topological polar surface area (TPSA) is 47.7 Å². The van der Waals surface area contributed by atoms with E-state index in [1.165, 1.54) is 0 Å². The fourth-order valence-electron chi connectivity index (χ4n) is 0.732. The number of hydroxylamine groups is 2. The number of hydrogen-bond acceptors (Lipinski definition) is 2. The van der Waals surface area contributed by atoms with Crippen LogP contribution in [0.2, 0.25) is 0 Å². The van der Waals surface area contributed by atoms with E-state index >= 15 is 0 Å². The van der Waals surface area contributed by atoms with Crippen molar-refractivity contribution in [3.05, 3.63) is 5.21 Å². The van der Waals surface area contributed by atoms with E-state index in [9.17, 15) is 5.21 Å². The predicted molar refractivity (Wildman–Crippen MR) is 35.1 cm³/mol. The van der Waals surface area contributed by atoms with Gasteiger partial charge in [0, 0.05) is 6.42 Å². The highest BCUT2D eigenvalue weighted by molar-refractivity contribution is 4.62. The van der Waals surface area contributed by atoms with Crippen LogP contribution in [0.1, 0.15) is 33.6 Å². The first-order valence-corrected chi connectivity index (χ1v) is 3.24. The molecule has 2 N–H and O–H groups in total. The van der Waals surface area contributed by atoms with Crippen LogP contribution in [0.15, 0.2) is 0 Å². The third kappa shape index (κ3) is 2.79. The zero-order valence-corrected chi connectivity index (χ0v) is 6.27. The van der Waals surface area contributed by atoms with Crippen LogP contribution in [0.5, 0.6) is 0 Å². The highest BCUT2D eigenvalue weighted by Gasteiger charge is 2.22. The van der Waals surface area contributed by atoms with Crippen molar-refractivity contribution in [3.8, 4) is 0 Å². The Morgan fingerprint density at radius 3 is 2.11 bits per heavy atom. The maximum absolute atomic E-state index is 10.4. The molecular formula is C6H15NO2. The van der Waals surface area contributed by atoms with Gasteiger partial charge in [-0.15, -0.1) is 0 Å². The van der Waals surface area contributed by atoms with Gasteiger partial charge in [-0.2, -0.15) is 0 Å². The molecule has 0 aromatic rings. The Morgan fingerprint density at radius 1 is 1.56 bits per heavy atom. The van der Waals surface area contributed by atoms with Gasteiger partial charge in [0.1, 0.15) is 5.54 Å². The maximum atomic E-state index is 10.4. The zero-order valence-electron chi connectivity index (χ0n) is 6.27. The highest BCUT2D eigenvalue weighted by atomic mass is 16.8. The van der Waals surface area contributed by atoms with Crippen LogP contribution in [0.25, 0.3) is 0 Å². The fourth-order valence-corrected chi connectivity index (χ4v) is 0.732. The first-order chi connectivity index (χ1) is 4.00. The molecule has 0 aromatic carbocycles. The zero-order chi connectivity index (χ0) is 7.49. The van der Waals surface area contributed by atoms with Crippen LogP contribution in [-0.2, 0) is 0 Å². The minimum atomic E-state index is -0.704. The first-order valence-electron chi connectivity index (χ1n) is 3.24. The second kappa shape index (κ2) is 3.15. The third-order valence-corrected chi connectivity index (χ3v) is 1.45. The molecule has 0 spiro atoms. The summed E-state index contributed by atoms with van der Waals surface area (Å²) in [5, 5.41) is 18.3. The molecular weight excluding hydrogens is 118 g/mol. The summed E-state index contributed by atoms with van der Waals surface area (Å²) in [7, 11) is 0. The molecule has 0 bridgehead atoms. The Bertz CT molecular complexity index is 81.1. The van der Waals surface area contributed by atoms with Crippen LogP contribution >= 0.6 is 0 Å². The minimum Gasteiger partial charge on any atom is -0.600 e. The monoisotopic (exact) mass is 133 g/mol. The molecule has 0 aliphatic rings. The van der Waals surface area contributed by atoms with Crippen LogP contribution in [0.3, 0.4) is 0 Å². The van der Waals surface area contributed by atoms with Crippen molar-refractivity contribution in [3.63, 3.8) is 0 Å². The van der Waals surface area contributed by atoms with Crippen molar-refractivity contribution in [2.45, 2.75) is 39.2 Å². The molecule has 1 unspecified atom stereocenters. The van der Waals surface area contributed by atoms with Gasteiger partial charge in [0.2, 0.25) is 0 Å². The van der Waals surface area contributed by atoms with Crippen LogP contribution in [-0.4, -0.2) is 10.7 Å². The molecule has 0 rings (SSSR count). The molecule has 0 aliphatic carbocycles. The minimum absolute atomic E-state index is 0.533. The molecule has 3 heteroatoms. The van der Waals surface area contributed by atoms with Crippen LogP contribution in [0.4, 0.5) is 0 Å². The van der Waals surface area contributed by atoms with Gasteiger partial charge in [0.05, 0.1) is 0 Å². The van der Waals surface area contributed by atoms with E-state index in [2.05, 4.69) is 0 Å². The van der Waals surface area contributed by atoms with E-state index in [4.69, 9.17) is 5.21 Å². The molecule has 0 fully saturated rings. The van der Waals surface area contributed by atoms with Crippen molar-refractivity contribution in [2.75, 3.05) is 0 Å². The first kappa shape index (κ1) is 8.88. The molecule has 3 nitrogen and oxygen atoms in total. The van der Waals surface area contributed by atoms with E-state index in [0.29, 0.717) is 0 Å². The lowest BCUT2D eigenvalue weighted by Crippen LogP contribution is -3.13. The lowest BCUT2D eigenvalue weighted by Gasteiger charge is -2.30. The Morgan fingerprint density at radius 2 is 2.00 bits per heavy atom. The Hall–Kier alpha value is -0.120. The maximum Gasteiger partial charge on any atom is 0.121 e. The van der Waals surface area contributed by atoms with Crippen molar-refractivity contribution < 1.29 is 10.4 Å². The predicted octanol–water partition coefficient (Wildman–Crippen LogP) is 0.337. The standard InChI is InChI=1S/C6H15NO2/c1-4-5-6(2,3)7(8)9/h7-8H,4-5H2,1-3H3. The molecule has 0 saturated heterocycles.